The van der Waals surface area contributed by atoms with E-state index in [-0.39, 0.29) is 18.8 Å². The van der Waals surface area contributed by atoms with Gasteiger partial charge in [0, 0.05) is 5.56 Å². The van der Waals surface area contributed by atoms with Gasteiger partial charge in [-0.3, -0.25) is 0 Å². The summed E-state index contributed by atoms with van der Waals surface area (Å²) in [6.45, 7) is 0.00958. The smallest absolute Gasteiger partial charge is 0.337 e. The number of carbonyl (C=O) groups excluding carboxylic acids is 1. The molecule has 0 bridgehead atoms. The molecule has 0 unspecified atom stereocenters. The SMILES string of the molecule is COC(=O)c1ccc(COc2ccc(CO)cc2)c(F)c1. The molecule has 2 rings (SSSR count). The van der Waals surface area contributed by atoms with Crippen LogP contribution in [0.2, 0.25) is 0 Å². The molecule has 0 atom stereocenters. The van der Waals surface area contributed by atoms with E-state index in [4.69, 9.17) is 9.84 Å². The Bertz CT molecular complexity index is 623. The lowest BCUT2D eigenvalue weighted by molar-refractivity contribution is 0.0600. The lowest BCUT2D eigenvalue weighted by atomic mass is 10.1. The molecule has 0 fully saturated rings. The van der Waals surface area contributed by atoms with Crippen molar-refractivity contribution in [1.29, 1.82) is 0 Å². The van der Waals surface area contributed by atoms with Gasteiger partial charge in [0.2, 0.25) is 0 Å². The maximum atomic E-state index is 13.8. The Morgan fingerprint density at radius 3 is 2.48 bits per heavy atom. The van der Waals surface area contributed by atoms with Gasteiger partial charge >= 0.3 is 5.97 Å². The maximum absolute atomic E-state index is 13.8. The largest absolute Gasteiger partial charge is 0.489 e. The van der Waals surface area contributed by atoms with Crippen molar-refractivity contribution < 1.29 is 23.8 Å². The van der Waals surface area contributed by atoms with Gasteiger partial charge in [-0.15, -0.1) is 0 Å². The van der Waals surface area contributed by atoms with E-state index in [9.17, 15) is 9.18 Å². The van der Waals surface area contributed by atoms with Crippen LogP contribution in [0.15, 0.2) is 42.5 Å². The first-order valence-corrected chi connectivity index (χ1v) is 6.33. The van der Waals surface area contributed by atoms with Crippen LogP contribution < -0.4 is 4.74 Å². The second-order valence-corrected chi connectivity index (χ2v) is 4.39. The van der Waals surface area contributed by atoms with Gasteiger partial charge in [0.1, 0.15) is 18.2 Å². The third-order valence-electron chi connectivity index (χ3n) is 2.97. The van der Waals surface area contributed by atoms with Crippen molar-refractivity contribution in [1.82, 2.24) is 0 Å². The Labute approximate surface area is 121 Å². The standard InChI is InChI=1S/C16H15FO4/c1-20-16(19)12-4-5-13(15(17)8-12)10-21-14-6-2-11(9-18)3-7-14/h2-8,18H,9-10H2,1H3. The highest BCUT2D eigenvalue weighted by Crippen LogP contribution is 2.17. The first-order chi connectivity index (χ1) is 10.1. The van der Waals surface area contributed by atoms with Crippen molar-refractivity contribution >= 4 is 5.97 Å². The number of ether oxygens (including phenoxy) is 2. The fraction of sp³-hybridized carbons (Fsp3) is 0.188. The fourth-order valence-electron chi connectivity index (χ4n) is 1.76. The van der Waals surface area contributed by atoms with Crippen LogP contribution in [0, 0.1) is 5.82 Å². The van der Waals surface area contributed by atoms with Crippen LogP contribution in [0.1, 0.15) is 21.5 Å². The van der Waals surface area contributed by atoms with Gasteiger partial charge in [-0.25, -0.2) is 9.18 Å². The Balaban J connectivity index is 2.04. The molecular weight excluding hydrogens is 275 g/mol. The summed E-state index contributed by atoms with van der Waals surface area (Å²) in [5.41, 5.74) is 1.27. The molecule has 0 radical (unpaired) electrons. The fourth-order valence-corrected chi connectivity index (χ4v) is 1.76. The summed E-state index contributed by atoms with van der Waals surface area (Å²) < 4.78 is 23.8. The van der Waals surface area contributed by atoms with Crippen molar-refractivity contribution in [2.75, 3.05) is 7.11 Å². The summed E-state index contributed by atoms with van der Waals surface area (Å²) in [5, 5.41) is 8.94. The van der Waals surface area contributed by atoms with E-state index < -0.39 is 11.8 Å². The number of methoxy groups -OCH3 is 1. The molecule has 2 aromatic carbocycles. The first kappa shape index (κ1) is 15.0. The second kappa shape index (κ2) is 6.85. The predicted molar refractivity (Wildman–Crippen MR) is 74.4 cm³/mol. The number of aliphatic hydroxyl groups is 1. The lowest BCUT2D eigenvalue weighted by Crippen LogP contribution is -2.04. The Hall–Kier alpha value is -2.40. The van der Waals surface area contributed by atoms with Crippen molar-refractivity contribution in [3.63, 3.8) is 0 Å². The molecule has 0 aliphatic heterocycles. The molecule has 0 saturated carbocycles. The quantitative estimate of drug-likeness (QED) is 0.860. The van der Waals surface area contributed by atoms with Crippen LogP contribution in [0.3, 0.4) is 0 Å². The molecule has 1 N–H and O–H groups in total. The van der Waals surface area contributed by atoms with Gasteiger partial charge < -0.3 is 14.6 Å². The van der Waals surface area contributed by atoms with E-state index in [0.717, 1.165) is 11.6 Å². The molecule has 0 heterocycles. The van der Waals surface area contributed by atoms with Crippen molar-refractivity contribution in [3.05, 3.63) is 65.0 Å². The van der Waals surface area contributed by atoms with Gasteiger partial charge in [0.05, 0.1) is 19.3 Å². The molecule has 2 aromatic rings. The summed E-state index contributed by atoms with van der Waals surface area (Å²) in [7, 11) is 1.24. The molecule has 4 nitrogen and oxygen atoms in total. The predicted octanol–water partition coefficient (Wildman–Crippen LogP) is 2.68. The minimum absolute atomic E-state index is 0.0378. The van der Waals surface area contributed by atoms with Crippen LogP contribution >= 0.6 is 0 Å². The van der Waals surface area contributed by atoms with Crippen LogP contribution in [-0.2, 0) is 18.0 Å². The Kier molecular flexibility index (Phi) is 4.90. The van der Waals surface area contributed by atoms with Gasteiger partial charge in [0.15, 0.2) is 0 Å². The first-order valence-electron chi connectivity index (χ1n) is 6.33. The average Bonchev–Trinajstić information content (AvgIpc) is 2.53. The topological polar surface area (TPSA) is 55.8 Å². The number of hydrogen-bond acceptors (Lipinski definition) is 4. The molecule has 0 aromatic heterocycles. The van der Waals surface area contributed by atoms with Crippen LogP contribution in [0.25, 0.3) is 0 Å². The molecule has 0 amide bonds. The van der Waals surface area contributed by atoms with E-state index in [1.54, 1.807) is 24.3 Å². The van der Waals surface area contributed by atoms with E-state index in [1.165, 1.54) is 19.2 Å². The summed E-state index contributed by atoms with van der Waals surface area (Å²) in [4.78, 5) is 11.3. The summed E-state index contributed by atoms with van der Waals surface area (Å²) in [6.07, 6.45) is 0. The normalized spacial score (nSPS) is 10.2. The third kappa shape index (κ3) is 3.79. The van der Waals surface area contributed by atoms with Gasteiger partial charge in [-0.2, -0.15) is 0 Å². The number of halogens is 1. The summed E-state index contributed by atoms with van der Waals surface area (Å²) in [6, 6.07) is 11.0. The average molecular weight is 290 g/mol. The zero-order chi connectivity index (χ0) is 15.2. The number of benzene rings is 2. The number of hydrogen-bond donors (Lipinski definition) is 1. The zero-order valence-corrected chi connectivity index (χ0v) is 11.5. The van der Waals surface area contributed by atoms with Crippen molar-refractivity contribution in [2.24, 2.45) is 0 Å². The number of rotatable bonds is 5. The Morgan fingerprint density at radius 1 is 1.19 bits per heavy atom. The monoisotopic (exact) mass is 290 g/mol. The van der Waals surface area contributed by atoms with Crippen LogP contribution in [-0.4, -0.2) is 18.2 Å². The molecule has 5 heteroatoms. The minimum Gasteiger partial charge on any atom is -0.489 e. The molecular formula is C16H15FO4. The molecule has 0 aliphatic rings. The minimum atomic E-state index is -0.582. The Morgan fingerprint density at radius 2 is 1.90 bits per heavy atom. The highest BCUT2D eigenvalue weighted by molar-refractivity contribution is 5.89. The number of aliphatic hydroxyl groups excluding tert-OH is 1. The van der Waals surface area contributed by atoms with Crippen LogP contribution in [0.5, 0.6) is 5.75 Å². The molecule has 110 valence electrons. The van der Waals surface area contributed by atoms with Crippen molar-refractivity contribution in [2.45, 2.75) is 13.2 Å². The zero-order valence-electron chi connectivity index (χ0n) is 11.5. The molecule has 0 saturated heterocycles. The van der Waals surface area contributed by atoms with E-state index in [2.05, 4.69) is 4.74 Å². The number of carbonyl (C=O) groups is 1. The summed E-state index contributed by atoms with van der Waals surface area (Å²) in [5.74, 6) is -0.533. The third-order valence-corrected chi connectivity index (χ3v) is 2.97. The lowest BCUT2D eigenvalue weighted by Gasteiger charge is -2.08. The molecule has 21 heavy (non-hydrogen) atoms. The highest BCUT2D eigenvalue weighted by Gasteiger charge is 2.10. The second-order valence-electron chi connectivity index (χ2n) is 4.39. The van der Waals surface area contributed by atoms with Crippen LogP contribution in [0.4, 0.5) is 4.39 Å². The molecule has 0 spiro atoms. The van der Waals surface area contributed by atoms with E-state index in [0.29, 0.717) is 11.3 Å². The maximum Gasteiger partial charge on any atom is 0.337 e. The number of esters is 1. The van der Waals surface area contributed by atoms with E-state index >= 15 is 0 Å². The highest BCUT2D eigenvalue weighted by atomic mass is 19.1. The van der Waals surface area contributed by atoms with Gasteiger partial charge in [0.25, 0.3) is 0 Å². The van der Waals surface area contributed by atoms with Gasteiger partial charge in [-0.1, -0.05) is 18.2 Å². The summed E-state index contributed by atoms with van der Waals surface area (Å²) >= 11 is 0. The van der Waals surface area contributed by atoms with E-state index in [1.807, 2.05) is 0 Å². The molecule has 0 aliphatic carbocycles. The van der Waals surface area contributed by atoms with Gasteiger partial charge in [-0.05, 0) is 29.8 Å². The van der Waals surface area contributed by atoms with Crippen molar-refractivity contribution in [3.8, 4) is 5.75 Å².